The molecule has 108 valence electrons. The van der Waals surface area contributed by atoms with E-state index in [0.717, 1.165) is 23.2 Å². The molecule has 1 fully saturated rings. The first-order chi connectivity index (χ1) is 10.2. The molecule has 2 aromatic carbocycles. The van der Waals surface area contributed by atoms with Crippen molar-refractivity contribution in [3.8, 4) is 0 Å². The normalized spacial score (nSPS) is 20.1. The van der Waals surface area contributed by atoms with Gasteiger partial charge in [0, 0.05) is 16.6 Å². The summed E-state index contributed by atoms with van der Waals surface area (Å²) in [5.41, 5.74) is 2.63. The highest BCUT2D eigenvalue weighted by molar-refractivity contribution is 6.30. The van der Waals surface area contributed by atoms with Crippen molar-refractivity contribution in [1.29, 1.82) is 0 Å². The number of anilines is 1. The van der Waals surface area contributed by atoms with E-state index >= 15 is 0 Å². The van der Waals surface area contributed by atoms with Gasteiger partial charge in [-0.15, -0.1) is 0 Å². The Bertz CT molecular complexity index is 671. The topological polar surface area (TPSA) is 49.3 Å². The summed E-state index contributed by atoms with van der Waals surface area (Å²) in [5, 5.41) is 12.7. The van der Waals surface area contributed by atoms with Crippen LogP contribution in [0.15, 0.2) is 48.5 Å². The molecule has 1 aliphatic carbocycles. The Morgan fingerprint density at radius 1 is 1.24 bits per heavy atom. The zero-order valence-electron chi connectivity index (χ0n) is 11.4. The minimum atomic E-state index is -0.0295. The Hall–Kier alpha value is -1.84. The number of benzene rings is 2. The molecule has 2 atom stereocenters. The fourth-order valence-corrected chi connectivity index (χ4v) is 2.77. The molecule has 0 aromatic heterocycles. The lowest BCUT2D eigenvalue weighted by molar-refractivity contribution is -0.117. The van der Waals surface area contributed by atoms with E-state index in [4.69, 9.17) is 16.7 Å². The zero-order chi connectivity index (χ0) is 14.8. The summed E-state index contributed by atoms with van der Waals surface area (Å²) < 4.78 is 0. The molecule has 4 heteroatoms. The van der Waals surface area contributed by atoms with E-state index in [1.54, 1.807) is 6.07 Å². The highest BCUT2D eigenvalue weighted by Crippen LogP contribution is 2.48. The average molecular weight is 302 g/mol. The number of aliphatic hydroxyl groups excluding tert-OH is 1. The summed E-state index contributed by atoms with van der Waals surface area (Å²) in [6, 6.07) is 14.9. The molecule has 2 unspecified atom stereocenters. The van der Waals surface area contributed by atoms with E-state index < -0.39 is 0 Å². The lowest BCUT2D eigenvalue weighted by Gasteiger charge is -2.06. The molecule has 2 aromatic rings. The van der Waals surface area contributed by atoms with Crippen LogP contribution in [0.3, 0.4) is 0 Å². The first-order valence-electron chi connectivity index (χ1n) is 6.93. The molecule has 0 aliphatic heterocycles. The van der Waals surface area contributed by atoms with Gasteiger partial charge in [0.25, 0.3) is 0 Å². The van der Waals surface area contributed by atoms with Crippen LogP contribution in [0.5, 0.6) is 0 Å². The van der Waals surface area contributed by atoms with Gasteiger partial charge in [-0.1, -0.05) is 35.9 Å². The zero-order valence-corrected chi connectivity index (χ0v) is 12.2. The minimum Gasteiger partial charge on any atom is -0.392 e. The molecular formula is C17H16ClNO2. The van der Waals surface area contributed by atoms with Crippen LogP contribution in [0.25, 0.3) is 0 Å². The van der Waals surface area contributed by atoms with Crippen LogP contribution in [0.2, 0.25) is 5.02 Å². The lowest BCUT2D eigenvalue weighted by atomic mass is 10.1. The number of hydrogen-bond donors (Lipinski definition) is 2. The fraction of sp³-hybridized carbons (Fsp3) is 0.235. The van der Waals surface area contributed by atoms with E-state index in [2.05, 4.69) is 5.32 Å². The van der Waals surface area contributed by atoms with Crippen LogP contribution in [-0.2, 0) is 11.4 Å². The largest absolute Gasteiger partial charge is 0.392 e. The molecule has 0 saturated heterocycles. The van der Waals surface area contributed by atoms with Crippen LogP contribution >= 0.6 is 11.6 Å². The number of rotatable bonds is 4. The van der Waals surface area contributed by atoms with E-state index in [1.807, 2.05) is 42.5 Å². The third-order valence-corrected chi connectivity index (χ3v) is 4.02. The molecule has 2 N–H and O–H groups in total. The molecule has 0 heterocycles. The Kier molecular flexibility index (Phi) is 3.95. The summed E-state index contributed by atoms with van der Waals surface area (Å²) >= 11 is 5.98. The monoisotopic (exact) mass is 301 g/mol. The number of carbonyl (C=O) groups excluding carboxylic acids is 1. The van der Waals surface area contributed by atoms with Crippen LogP contribution < -0.4 is 5.32 Å². The Morgan fingerprint density at radius 3 is 2.81 bits per heavy atom. The van der Waals surface area contributed by atoms with Crippen LogP contribution in [0.1, 0.15) is 23.5 Å². The van der Waals surface area contributed by atoms with Gasteiger partial charge >= 0.3 is 0 Å². The molecule has 21 heavy (non-hydrogen) atoms. The second-order valence-electron chi connectivity index (χ2n) is 5.35. The van der Waals surface area contributed by atoms with Crippen LogP contribution in [0.4, 0.5) is 5.69 Å². The third-order valence-electron chi connectivity index (χ3n) is 3.78. The van der Waals surface area contributed by atoms with Crippen molar-refractivity contribution in [2.45, 2.75) is 18.9 Å². The van der Waals surface area contributed by atoms with E-state index in [-0.39, 0.29) is 24.3 Å². The molecule has 0 bridgehead atoms. The number of nitrogens with one attached hydrogen (secondary N) is 1. The second-order valence-corrected chi connectivity index (χ2v) is 5.79. The lowest BCUT2D eigenvalue weighted by Crippen LogP contribution is -2.14. The van der Waals surface area contributed by atoms with Gasteiger partial charge in [-0.2, -0.15) is 0 Å². The van der Waals surface area contributed by atoms with Gasteiger partial charge in [-0.05, 0) is 47.7 Å². The van der Waals surface area contributed by atoms with Crippen molar-refractivity contribution in [2.24, 2.45) is 5.92 Å². The SMILES string of the molecule is O=C(Nc1cccc(CO)c1)C1CC1c1cccc(Cl)c1. The minimum absolute atomic E-state index is 0.00116. The van der Waals surface area contributed by atoms with Crippen molar-refractivity contribution in [1.82, 2.24) is 0 Å². The first kappa shape index (κ1) is 14.1. The van der Waals surface area contributed by atoms with Gasteiger partial charge in [-0.25, -0.2) is 0 Å². The second kappa shape index (κ2) is 5.88. The van der Waals surface area contributed by atoms with Gasteiger partial charge in [0.15, 0.2) is 0 Å². The molecule has 0 spiro atoms. The summed E-state index contributed by atoms with van der Waals surface area (Å²) in [6.45, 7) is -0.0295. The van der Waals surface area contributed by atoms with Crippen LogP contribution in [-0.4, -0.2) is 11.0 Å². The van der Waals surface area contributed by atoms with E-state index in [0.29, 0.717) is 5.02 Å². The fourth-order valence-electron chi connectivity index (χ4n) is 2.57. The Balaban J connectivity index is 1.65. The van der Waals surface area contributed by atoms with Gasteiger partial charge in [0.2, 0.25) is 5.91 Å². The predicted molar refractivity (Wildman–Crippen MR) is 83.3 cm³/mol. The summed E-state index contributed by atoms with van der Waals surface area (Å²) in [5.74, 6) is 0.279. The number of aliphatic hydroxyl groups is 1. The summed E-state index contributed by atoms with van der Waals surface area (Å²) in [6.07, 6.45) is 0.853. The molecule has 1 amide bonds. The van der Waals surface area contributed by atoms with Crippen molar-refractivity contribution >= 4 is 23.2 Å². The number of amides is 1. The average Bonchev–Trinajstić information content (AvgIpc) is 3.28. The highest BCUT2D eigenvalue weighted by atomic mass is 35.5. The molecule has 1 saturated carbocycles. The smallest absolute Gasteiger partial charge is 0.228 e. The maximum Gasteiger partial charge on any atom is 0.228 e. The molecule has 3 nitrogen and oxygen atoms in total. The van der Waals surface area contributed by atoms with E-state index in [1.165, 1.54) is 0 Å². The predicted octanol–water partition coefficient (Wildman–Crippen LogP) is 3.57. The Morgan fingerprint density at radius 2 is 2.05 bits per heavy atom. The maximum atomic E-state index is 12.2. The summed E-state index contributed by atoms with van der Waals surface area (Å²) in [7, 11) is 0. The Labute approximate surface area is 128 Å². The molecule has 1 aliphatic rings. The number of halogens is 1. The van der Waals surface area contributed by atoms with Gasteiger partial charge in [-0.3, -0.25) is 4.79 Å². The van der Waals surface area contributed by atoms with Crippen molar-refractivity contribution in [3.05, 3.63) is 64.7 Å². The van der Waals surface area contributed by atoms with Crippen molar-refractivity contribution in [3.63, 3.8) is 0 Å². The number of carbonyl (C=O) groups is 1. The van der Waals surface area contributed by atoms with Crippen molar-refractivity contribution < 1.29 is 9.90 Å². The third kappa shape index (κ3) is 3.26. The first-order valence-corrected chi connectivity index (χ1v) is 7.31. The number of hydrogen-bond acceptors (Lipinski definition) is 2. The van der Waals surface area contributed by atoms with Crippen LogP contribution in [0, 0.1) is 5.92 Å². The summed E-state index contributed by atoms with van der Waals surface area (Å²) in [4.78, 5) is 12.2. The van der Waals surface area contributed by atoms with Gasteiger partial charge in [0.1, 0.15) is 0 Å². The maximum absolute atomic E-state index is 12.2. The van der Waals surface area contributed by atoms with Gasteiger partial charge in [0.05, 0.1) is 6.61 Å². The molecule has 0 radical (unpaired) electrons. The van der Waals surface area contributed by atoms with Crippen molar-refractivity contribution in [2.75, 3.05) is 5.32 Å². The molecular weight excluding hydrogens is 286 g/mol. The van der Waals surface area contributed by atoms with Gasteiger partial charge < -0.3 is 10.4 Å². The van der Waals surface area contributed by atoms with E-state index in [9.17, 15) is 4.79 Å². The standard InChI is InChI=1S/C17H16ClNO2/c18-13-5-2-4-12(8-13)15-9-16(15)17(21)19-14-6-1-3-11(7-14)10-20/h1-8,15-16,20H,9-10H2,(H,19,21). The molecule has 3 rings (SSSR count). The highest BCUT2D eigenvalue weighted by Gasteiger charge is 2.43. The quantitative estimate of drug-likeness (QED) is 0.907.